The Balaban J connectivity index is 1.60. The smallest absolute Gasteiger partial charge is 0.224 e. The van der Waals surface area contributed by atoms with Gasteiger partial charge in [-0.2, -0.15) is 0 Å². The first-order valence-corrected chi connectivity index (χ1v) is 6.81. The Kier molecular flexibility index (Phi) is 5.17. The fourth-order valence-corrected chi connectivity index (χ4v) is 2.02. The number of nitrogens with two attached hydrogens (primary N) is 1. The maximum absolute atomic E-state index is 11.7. The molecule has 0 aliphatic rings. The Labute approximate surface area is 118 Å². The van der Waals surface area contributed by atoms with E-state index in [0.717, 1.165) is 24.9 Å². The molecule has 0 aliphatic heterocycles. The molecule has 106 valence electrons. The molecule has 0 atom stereocenters. The van der Waals surface area contributed by atoms with Gasteiger partial charge in [0.15, 0.2) is 0 Å². The Morgan fingerprint density at radius 1 is 1.35 bits per heavy atom. The molecule has 0 fully saturated rings. The Bertz CT molecular complexity index is 537. The van der Waals surface area contributed by atoms with Crippen molar-refractivity contribution in [3.8, 4) is 0 Å². The number of hydrogen-bond acceptors (Lipinski definition) is 3. The third kappa shape index (κ3) is 4.76. The van der Waals surface area contributed by atoms with Crippen LogP contribution in [0, 0.1) is 0 Å². The number of nitrogens with zero attached hydrogens (tertiary/aromatic N) is 2. The van der Waals surface area contributed by atoms with E-state index in [1.54, 1.807) is 12.5 Å². The predicted molar refractivity (Wildman–Crippen MR) is 79.0 cm³/mol. The van der Waals surface area contributed by atoms with Gasteiger partial charge in [0.25, 0.3) is 0 Å². The van der Waals surface area contributed by atoms with Crippen LogP contribution in [0.25, 0.3) is 0 Å². The molecule has 0 radical (unpaired) electrons. The normalized spacial score (nSPS) is 10.4. The second-order valence-corrected chi connectivity index (χ2v) is 4.78. The van der Waals surface area contributed by atoms with Crippen LogP contribution in [0.1, 0.15) is 18.4 Å². The number of nitrogen functional groups attached to an aromatic ring is 1. The minimum Gasteiger partial charge on any atom is -0.399 e. The van der Waals surface area contributed by atoms with Crippen molar-refractivity contribution in [3.05, 3.63) is 48.5 Å². The largest absolute Gasteiger partial charge is 0.399 e. The van der Waals surface area contributed by atoms with Gasteiger partial charge < -0.3 is 15.6 Å². The van der Waals surface area contributed by atoms with Crippen LogP contribution in [0.4, 0.5) is 5.69 Å². The summed E-state index contributed by atoms with van der Waals surface area (Å²) < 4.78 is 2.04. The zero-order chi connectivity index (χ0) is 14.2. The number of unbranched alkanes of at least 4 members (excludes halogenated alkanes) is 1. The molecule has 20 heavy (non-hydrogen) atoms. The maximum Gasteiger partial charge on any atom is 0.224 e. The van der Waals surface area contributed by atoms with Crippen LogP contribution in [-0.2, 0) is 17.8 Å². The van der Waals surface area contributed by atoms with E-state index in [9.17, 15) is 4.79 Å². The summed E-state index contributed by atoms with van der Waals surface area (Å²) in [4.78, 5) is 15.7. The molecule has 0 bridgehead atoms. The molecule has 2 aromatic rings. The van der Waals surface area contributed by atoms with Crippen LogP contribution in [0.2, 0.25) is 0 Å². The van der Waals surface area contributed by atoms with Gasteiger partial charge in [0, 0.05) is 31.2 Å². The van der Waals surface area contributed by atoms with Gasteiger partial charge in [-0.05, 0) is 30.5 Å². The predicted octanol–water partition coefficient (Wildman–Crippen LogP) is 1.60. The second-order valence-electron chi connectivity index (χ2n) is 4.78. The molecule has 5 heteroatoms. The molecule has 0 unspecified atom stereocenters. The first kappa shape index (κ1) is 14.1. The van der Waals surface area contributed by atoms with Gasteiger partial charge in [0.1, 0.15) is 0 Å². The van der Waals surface area contributed by atoms with Crippen molar-refractivity contribution in [2.75, 3.05) is 12.3 Å². The Morgan fingerprint density at radius 3 is 3.00 bits per heavy atom. The number of rotatable bonds is 7. The van der Waals surface area contributed by atoms with Gasteiger partial charge in [-0.25, -0.2) is 4.98 Å². The number of carbonyl (C=O) groups excluding carboxylic acids is 1. The maximum atomic E-state index is 11.7. The molecule has 2 rings (SSSR count). The van der Waals surface area contributed by atoms with Gasteiger partial charge in [0.05, 0.1) is 12.7 Å². The molecular weight excluding hydrogens is 252 g/mol. The first-order chi connectivity index (χ1) is 9.74. The Morgan fingerprint density at radius 2 is 2.25 bits per heavy atom. The number of nitrogens with one attached hydrogen (secondary N) is 1. The molecule has 0 aliphatic carbocycles. The second kappa shape index (κ2) is 7.33. The van der Waals surface area contributed by atoms with Crippen LogP contribution in [0.5, 0.6) is 0 Å². The summed E-state index contributed by atoms with van der Waals surface area (Å²) in [6, 6.07) is 7.42. The van der Waals surface area contributed by atoms with E-state index in [1.165, 1.54) is 0 Å². The molecular formula is C15H20N4O. The number of imidazole rings is 1. The number of benzene rings is 1. The fourth-order valence-electron chi connectivity index (χ4n) is 2.02. The van der Waals surface area contributed by atoms with Crippen LogP contribution >= 0.6 is 0 Å². The number of amides is 1. The summed E-state index contributed by atoms with van der Waals surface area (Å²) >= 11 is 0. The van der Waals surface area contributed by atoms with E-state index < -0.39 is 0 Å². The molecule has 1 aromatic carbocycles. The highest BCUT2D eigenvalue weighted by Crippen LogP contribution is 2.06. The molecule has 1 aromatic heterocycles. The monoisotopic (exact) mass is 272 g/mol. The lowest BCUT2D eigenvalue weighted by Crippen LogP contribution is -2.26. The molecule has 1 heterocycles. The van der Waals surface area contributed by atoms with Crippen molar-refractivity contribution in [2.24, 2.45) is 0 Å². The third-order valence-corrected chi connectivity index (χ3v) is 3.04. The van der Waals surface area contributed by atoms with Gasteiger partial charge in [-0.1, -0.05) is 12.1 Å². The van der Waals surface area contributed by atoms with E-state index in [1.807, 2.05) is 35.0 Å². The number of anilines is 1. The van der Waals surface area contributed by atoms with E-state index in [0.29, 0.717) is 18.7 Å². The summed E-state index contributed by atoms with van der Waals surface area (Å²) in [7, 11) is 0. The van der Waals surface area contributed by atoms with Crippen LogP contribution in [-0.4, -0.2) is 22.0 Å². The van der Waals surface area contributed by atoms with E-state index in [4.69, 9.17) is 5.73 Å². The highest BCUT2D eigenvalue weighted by atomic mass is 16.1. The summed E-state index contributed by atoms with van der Waals surface area (Å²) in [6.07, 6.45) is 7.88. The molecule has 3 N–H and O–H groups in total. The molecule has 0 spiro atoms. The molecule has 1 amide bonds. The highest BCUT2D eigenvalue weighted by molar-refractivity contribution is 5.78. The standard InChI is InChI=1S/C15H20N4O/c16-14-5-3-4-13(10-14)11-15(20)18-6-1-2-8-19-9-7-17-12-19/h3-5,7,9-10,12H,1-2,6,8,11,16H2,(H,18,20). The summed E-state index contributed by atoms with van der Waals surface area (Å²) in [5.74, 6) is 0.0400. The summed E-state index contributed by atoms with van der Waals surface area (Å²) in [6.45, 7) is 1.64. The minimum absolute atomic E-state index is 0.0400. The van der Waals surface area contributed by atoms with Crippen LogP contribution in [0.15, 0.2) is 43.0 Å². The van der Waals surface area contributed by atoms with Crippen molar-refractivity contribution < 1.29 is 4.79 Å². The van der Waals surface area contributed by atoms with Gasteiger partial charge in [-0.3, -0.25) is 4.79 Å². The Hall–Kier alpha value is -2.30. The van der Waals surface area contributed by atoms with E-state index >= 15 is 0 Å². The average Bonchev–Trinajstić information content (AvgIpc) is 2.91. The fraction of sp³-hybridized carbons (Fsp3) is 0.333. The number of aryl methyl sites for hydroxylation is 1. The van der Waals surface area contributed by atoms with Gasteiger partial charge in [0.2, 0.25) is 5.91 Å². The minimum atomic E-state index is 0.0400. The van der Waals surface area contributed by atoms with E-state index in [-0.39, 0.29) is 5.91 Å². The van der Waals surface area contributed by atoms with E-state index in [2.05, 4.69) is 10.3 Å². The zero-order valence-corrected chi connectivity index (χ0v) is 11.5. The number of hydrogen-bond donors (Lipinski definition) is 2. The number of aromatic nitrogens is 2. The van der Waals surface area contributed by atoms with Crippen molar-refractivity contribution in [2.45, 2.75) is 25.8 Å². The molecule has 5 nitrogen and oxygen atoms in total. The zero-order valence-electron chi connectivity index (χ0n) is 11.5. The molecule has 0 saturated heterocycles. The average molecular weight is 272 g/mol. The quantitative estimate of drug-likeness (QED) is 0.594. The lowest BCUT2D eigenvalue weighted by molar-refractivity contribution is -0.120. The summed E-state index contributed by atoms with van der Waals surface area (Å²) in [5.41, 5.74) is 7.32. The highest BCUT2D eigenvalue weighted by Gasteiger charge is 2.02. The van der Waals surface area contributed by atoms with Crippen molar-refractivity contribution >= 4 is 11.6 Å². The van der Waals surface area contributed by atoms with Crippen molar-refractivity contribution in [1.29, 1.82) is 0 Å². The number of carbonyl (C=O) groups is 1. The van der Waals surface area contributed by atoms with Gasteiger partial charge in [-0.15, -0.1) is 0 Å². The first-order valence-electron chi connectivity index (χ1n) is 6.81. The lowest BCUT2D eigenvalue weighted by atomic mass is 10.1. The van der Waals surface area contributed by atoms with Crippen molar-refractivity contribution in [3.63, 3.8) is 0 Å². The van der Waals surface area contributed by atoms with Gasteiger partial charge >= 0.3 is 0 Å². The summed E-state index contributed by atoms with van der Waals surface area (Å²) in [5, 5.41) is 2.93. The topological polar surface area (TPSA) is 72.9 Å². The van der Waals surface area contributed by atoms with Crippen LogP contribution in [0.3, 0.4) is 0 Å². The van der Waals surface area contributed by atoms with Crippen molar-refractivity contribution in [1.82, 2.24) is 14.9 Å². The third-order valence-electron chi connectivity index (χ3n) is 3.04. The van der Waals surface area contributed by atoms with Crippen LogP contribution < -0.4 is 11.1 Å². The lowest BCUT2D eigenvalue weighted by Gasteiger charge is -2.06. The SMILES string of the molecule is Nc1cccc(CC(=O)NCCCCn2ccnc2)c1. The molecule has 0 saturated carbocycles.